The number of rotatable bonds is 5. The molecule has 0 bridgehead atoms. The van der Waals surface area contributed by atoms with Crippen LogP contribution in [0.2, 0.25) is 0 Å². The third-order valence-corrected chi connectivity index (χ3v) is 2.56. The van der Waals surface area contributed by atoms with Crippen molar-refractivity contribution in [3.8, 4) is 0 Å². The summed E-state index contributed by atoms with van der Waals surface area (Å²) in [6.45, 7) is 7.50. The van der Waals surface area contributed by atoms with Crippen LogP contribution in [-0.4, -0.2) is 24.6 Å². The van der Waals surface area contributed by atoms with Gasteiger partial charge >= 0.3 is 0 Å². The molecule has 1 aromatic heterocycles. The third kappa shape index (κ3) is 5.71. The van der Waals surface area contributed by atoms with Crippen LogP contribution in [-0.2, 0) is 4.74 Å². The van der Waals surface area contributed by atoms with Gasteiger partial charge in [0.05, 0.1) is 5.69 Å². The standard InChI is InChI=1S/C8H15N3OS.C2H6/c1-7-6-8(13-10-7)11(9)4-3-5-12-2;1-2/h6H,3-5,9H2,1-2H3;1-2H3. The molecule has 0 saturated carbocycles. The molecule has 0 aromatic carbocycles. The Bertz CT molecular complexity index is 253. The van der Waals surface area contributed by atoms with Crippen LogP contribution in [0.25, 0.3) is 0 Å². The monoisotopic (exact) mass is 231 g/mol. The van der Waals surface area contributed by atoms with Crippen LogP contribution in [0.5, 0.6) is 0 Å². The highest BCUT2D eigenvalue weighted by Gasteiger charge is 2.03. The highest BCUT2D eigenvalue weighted by Crippen LogP contribution is 2.18. The van der Waals surface area contributed by atoms with E-state index in [2.05, 4.69) is 4.37 Å². The molecule has 0 fully saturated rings. The van der Waals surface area contributed by atoms with Crippen LogP contribution in [0.3, 0.4) is 0 Å². The van der Waals surface area contributed by atoms with Crippen LogP contribution in [0.1, 0.15) is 26.0 Å². The molecule has 88 valence electrons. The molecular weight excluding hydrogens is 210 g/mol. The van der Waals surface area contributed by atoms with Crippen molar-refractivity contribution in [3.05, 3.63) is 11.8 Å². The zero-order valence-corrected chi connectivity index (χ0v) is 10.8. The van der Waals surface area contributed by atoms with E-state index in [1.54, 1.807) is 12.1 Å². The van der Waals surface area contributed by atoms with Crippen molar-refractivity contribution in [2.24, 2.45) is 5.84 Å². The van der Waals surface area contributed by atoms with Gasteiger partial charge in [0.2, 0.25) is 0 Å². The van der Waals surface area contributed by atoms with E-state index < -0.39 is 0 Å². The molecule has 1 heterocycles. The number of nitrogens with zero attached hydrogens (tertiary/aromatic N) is 2. The molecule has 5 heteroatoms. The van der Waals surface area contributed by atoms with Crippen LogP contribution in [0.4, 0.5) is 5.00 Å². The molecule has 1 rings (SSSR count). The summed E-state index contributed by atoms with van der Waals surface area (Å²) in [5.41, 5.74) is 1.02. The molecule has 0 aliphatic carbocycles. The second-order valence-corrected chi connectivity index (χ2v) is 3.63. The van der Waals surface area contributed by atoms with Crippen molar-refractivity contribution in [1.29, 1.82) is 0 Å². The number of hydrogen-bond acceptors (Lipinski definition) is 5. The Morgan fingerprint density at radius 2 is 2.20 bits per heavy atom. The zero-order valence-electron chi connectivity index (χ0n) is 9.99. The van der Waals surface area contributed by atoms with Crippen molar-refractivity contribution in [2.75, 3.05) is 25.3 Å². The molecule has 0 unspecified atom stereocenters. The summed E-state index contributed by atoms with van der Waals surface area (Å²) in [6, 6.07) is 1.98. The van der Waals surface area contributed by atoms with Crippen molar-refractivity contribution < 1.29 is 4.74 Å². The molecule has 0 atom stereocenters. The van der Waals surface area contributed by atoms with Gasteiger partial charge in [0.1, 0.15) is 5.00 Å². The van der Waals surface area contributed by atoms with E-state index in [1.807, 2.05) is 26.8 Å². The molecular formula is C10H21N3OS. The lowest BCUT2D eigenvalue weighted by atomic mass is 10.4. The quantitative estimate of drug-likeness (QED) is 0.479. The minimum absolute atomic E-state index is 0.742. The first-order valence-electron chi connectivity index (χ1n) is 5.18. The predicted octanol–water partition coefficient (Wildman–Crippen LogP) is 2.19. The van der Waals surface area contributed by atoms with Crippen LogP contribution in [0.15, 0.2) is 6.07 Å². The Morgan fingerprint density at radius 3 is 2.67 bits per heavy atom. The Hall–Kier alpha value is -0.650. The van der Waals surface area contributed by atoms with Gasteiger partial charge in [-0.2, -0.15) is 4.37 Å². The Morgan fingerprint density at radius 1 is 1.53 bits per heavy atom. The van der Waals surface area contributed by atoms with Gasteiger partial charge in [-0.25, -0.2) is 5.84 Å². The average molecular weight is 231 g/mol. The molecule has 0 amide bonds. The summed E-state index contributed by atoms with van der Waals surface area (Å²) in [5, 5.41) is 2.72. The van der Waals surface area contributed by atoms with Gasteiger partial charge in [0, 0.05) is 20.3 Å². The second kappa shape index (κ2) is 8.64. The number of nitrogens with two attached hydrogens (primary N) is 1. The number of methoxy groups -OCH3 is 1. The molecule has 0 saturated heterocycles. The third-order valence-electron chi connectivity index (χ3n) is 1.65. The molecule has 0 aliphatic heterocycles. The van der Waals surface area contributed by atoms with Gasteiger partial charge in [0.15, 0.2) is 0 Å². The zero-order chi connectivity index (χ0) is 11.7. The number of aromatic nitrogens is 1. The molecule has 4 nitrogen and oxygen atoms in total. The van der Waals surface area contributed by atoms with E-state index in [0.29, 0.717) is 0 Å². The fourth-order valence-corrected chi connectivity index (χ4v) is 1.68. The molecule has 1 aromatic rings. The van der Waals surface area contributed by atoms with Gasteiger partial charge in [-0.15, -0.1) is 0 Å². The summed E-state index contributed by atoms with van der Waals surface area (Å²) < 4.78 is 9.09. The van der Waals surface area contributed by atoms with Gasteiger partial charge in [-0.3, -0.25) is 0 Å². The summed E-state index contributed by atoms with van der Waals surface area (Å²) in [7, 11) is 1.69. The minimum Gasteiger partial charge on any atom is -0.385 e. The largest absolute Gasteiger partial charge is 0.385 e. The van der Waals surface area contributed by atoms with Gasteiger partial charge in [-0.05, 0) is 30.9 Å². The van der Waals surface area contributed by atoms with Gasteiger partial charge in [0.25, 0.3) is 0 Å². The minimum atomic E-state index is 0.742. The molecule has 0 spiro atoms. The summed E-state index contributed by atoms with van der Waals surface area (Å²) >= 11 is 1.43. The average Bonchev–Trinajstić information content (AvgIpc) is 2.68. The number of aryl methyl sites for hydroxylation is 1. The second-order valence-electron chi connectivity index (χ2n) is 2.85. The maximum Gasteiger partial charge on any atom is 0.126 e. The van der Waals surface area contributed by atoms with E-state index in [9.17, 15) is 0 Å². The first kappa shape index (κ1) is 14.3. The van der Waals surface area contributed by atoms with E-state index in [0.717, 1.165) is 30.3 Å². The maximum atomic E-state index is 5.80. The molecule has 15 heavy (non-hydrogen) atoms. The summed E-state index contributed by atoms with van der Waals surface area (Å²) in [6.07, 6.45) is 0.934. The number of hydrazine groups is 1. The lowest BCUT2D eigenvalue weighted by molar-refractivity contribution is 0.196. The fraction of sp³-hybridized carbons (Fsp3) is 0.700. The Balaban J connectivity index is 0.000000921. The Kier molecular flexibility index (Phi) is 8.27. The van der Waals surface area contributed by atoms with E-state index in [1.165, 1.54) is 11.5 Å². The fourth-order valence-electron chi connectivity index (χ4n) is 0.975. The first-order valence-corrected chi connectivity index (χ1v) is 5.96. The maximum absolute atomic E-state index is 5.80. The normalized spacial score (nSPS) is 9.40. The van der Waals surface area contributed by atoms with Crippen molar-refractivity contribution in [3.63, 3.8) is 0 Å². The predicted molar refractivity (Wildman–Crippen MR) is 66.2 cm³/mol. The van der Waals surface area contributed by atoms with Gasteiger partial charge in [-0.1, -0.05) is 13.8 Å². The SMILES string of the molecule is CC.COCCCN(N)c1cc(C)ns1. The molecule has 0 radical (unpaired) electrons. The number of ether oxygens (including phenoxy) is 1. The van der Waals surface area contributed by atoms with Gasteiger partial charge < -0.3 is 9.75 Å². The van der Waals surface area contributed by atoms with Crippen LogP contribution >= 0.6 is 11.5 Å². The summed E-state index contributed by atoms with van der Waals surface area (Å²) in [5.74, 6) is 5.80. The highest BCUT2D eigenvalue weighted by atomic mass is 32.1. The van der Waals surface area contributed by atoms with E-state index in [-0.39, 0.29) is 0 Å². The van der Waals surface area contributed by atoms with Crippen LogP contribution < -0.4 is 10.9 Å². The summed E-state index contributed by atoms with van der Waals surface area (Å²) in [4.78, 5) is 0. The highest BCUT2D eigenvalue weighted by molar-refractivity contribution is 7.10. The van der Waals surface area contributed by atoms with E-state index in [4.69, 9.17) is 10.6 Å². The van der Waals surface area contributed by atoms with Crippen molar-refractivity contribution in [1.82, 2.24) is 4.37 Å². The molecule has 2 N–H and O–H groups in total. The number of anilines is 1. The molecule has 0 aliphatic rings. The van der Waals surface area contributed by atoms with Crippen molar-refractivity contribution in [2.45, 2.75) is 27.2 Å². The number of hydrogen-bond donors (Lipinski definition) is 1. The lowest BCUT2D eigenvalue weighted by Crippen LogP contribution is -2.31. The smallest absolute Gasteiger partial charge is 0.126 e. The lowest BCUT2D eigenvalue weighted by Gasteiger charge is -2.14. The van der Waals surface area contributed by atoms with E-state index >= 15 is 0 Å². The Labute approximate surface area is 96.2 Å². The topological polar surface area (TPSA) is 51.4 Å². The first-order chi connectivity index (χ1) is 7.24. The van der Waals surface area contributed by atoms with Crippen LogP contribution in [0, 0.1) is 6.92 Å². The van der Waals surface area contributed by atoms with Crippen molar-refractivity contribution >= 4 is 16.5 Å².